The fourth-order valence-electron chi connectivity index (χ4n) is 2.58. The normalized spacial score (nSPS) is 24.0. The van der Waals surface area contributed by atoms with Gasteiger partial charge in [0.05, 0.1) is 11.3 Å². The molecule has 104 valence electrons. The molecule has 0 bridgehead atoms. The van der Waals surface area contributed by atoms with Gasteiger partial charge in [-0.3, -0.25) is 9.35 Å². The van der Waals surface area contributed by atoms with Crippen LogP contribution in [-0.4, -0.2) is 30.2 Å². The van der Waals surface area contributed by atoms with Crippen molar-refractivity contribution < 1.29 is 17.8 Å². The van der Waals surface area contributed by atoms with Crippen LogP contribution in [0.5, 0.6) is 0 Å². The highest BCUT2D eigenvalue weighted by atomic mass is 32.2. The Balaban J connectivity index is 2.93. The van der Waals surface area contributed by atoms with Crippen LogP contribution < -0.4 is 5.32 Å². The smallest absolute Gasteiger partial charge is 0.267 e. The van der Waals surface area contributed by atoms with Gasteiger partial charge in [-0.15, -0.1) is 0 Å². The molecule has 0 aromatic rings. The third-order valence-corrected chi connectivity index (χ3v) is 4.45. The lowest BCUT2D eigenvalue weighted by Crippen LogP contribution is -2.55. The van der Waals surface area contributed by atoms with E-state index in [1.165, 1.54) is 12.5 Å². The molecule has 0 saturated carbocycles. The summed E-state index contributed by atoms with van der Waals surface area (Å²) in [4.78, 5) is 11.2. The van der Waals surface area contributed by atoms with Crippen molar-refractivity contribution in [2.24, 2.45) is 5.92 Å². The van der Waals surface area contributed by atoms with Crippen LogP contribution in [0.4, 0.5) is 0 Å². The predicted octanol–water partition coefficient (Wildman–Crippen LogP) is 1.52. The zero-order valence-corrected chi connectivity index (χ0v) is 11.9. The fraction of sp³-hybridized carbons (Fsp3) is 0.750. The van der Waals surface area contributed by atoms with E-state index in [2.05, 4.69) is 11.4 Å². The van der Waals surface area contributed by atoms with Gasteiger partial charge in [-0.25, -0.2) is 0 Å². The largest absolute Gasteiger partial charge is 0.350 e. The lowest BCUT2D eigenvalue weighted by atomic mass is 9.77. The van der Waals surface area contributed by atoms with Gasteiger partial charge in [0.2, 0.25) is 5.91 Å². The molecule has 6 heteroatoms. The van der Waals surface area contributed by atoms with Crippen LogP contribution in [0, 0.1) is 5.92 Å². The molecule has 1 unspecified atom stereocenters. The van der Waals surface area contributed by atoms with Crippen molar-refractivity contribution in [3.8, 4) is 0 Å². The molecule has 0 fully saturated rings. The second-order valence-corrected chi connectivity index (χ2v) is 6.80. The van der Waals surface area contributed by atoms with E-state index >= 15 is 0 Å². The number of rotatable bonds is 4. The highest BCUT2D eigenvalue weighted by Gasteiger charge is 2.38. The summed E-state index contributed by atoms with van der Waals surface area (Å²) in [7, 11) is -4.13. The van der Waals surface area contributed by atoms with Crippen molar-refractivity contribution in [1.82, 2.24) is 5.32 Å². The molecule has 0 radical (unpaired) electrons. The molecule has 0 aliphatic heterocycles. The zero-order chi connectivity index (χ0) is 14.0. The number of hydrogen-bond acceptors (Lipinski definition) is 3. The second kappa shape index (κ2) is 5.40. The van der Waals surface area contributed by atoms with Gasteiger partial charge in [-0.2, -0.15) is 8.42 Å². The van der Waals surface area contributed by atoms with Crippen LogP contribution in [0.2, 0.25) is 0 Å². The highest BCUT2D eigenvalue weighted by molar-refractivity contribution is 7.85. The van der Waals surface area contributed by atoms with Crippen LogP contribution in [0.3, 0.4) is 0 Å². The van der Waals surface area contributed by atoms with E-state index < -0.39 is 21.4 Å². The average Bonchev–Trinajstić information content (AvgIpc) is 2.13. The number of hydrogen-bond donors (Lipinski definition) is 2. The van der Waals surface area contributed by atoms with E-state index in [1.807, 2.05) is 6.92 Å². The summed E-state index contributed by atoms with van der Waals surface area (Å²) in [6.45, 7) is 5.07. The first-order chi connectivity index (χ1) is 8.12. The molecule has 18 heavy (non-hydrogen) atoms. The van der Waals surface area contributed by atoms with Crippen molar-refractivity contribution in [2.45, 2.75) is 45.6 Å². The van der Waals surface area contributed by atoms with Crippen molar-refractivity contribution in [3.63, 3.8) is 0 Å². The maximum Gasteiger partial charge on any atom is 0.267 e. The highest BCUT2D eigenvalue weighted by Crippen LogP contribution is 2.32. The molecule has 1 amide bonds. The molecule has 1 rings (SSSR count). The maximum atomic E-state index is 11.2. The van der Waals surface area contributed by atoms with Crippen molar-refractivity contribution in [3.05, 3.63) is 11.6 Å². The Labute approximate surface area is 108 Å². The minimum atomic E-state index is -4.13. The Morgan fingerprint density at radius 3 is 2.61 bits per heavy atom. The Bertz CT molecular complexity index is 455. The standard InChI is InChI=1S/C12H21NO4S/c1-9-4-6-11(7-5-9)12(3,13-10(2)14)8-18(15,16)17/h4,11H,5-8H2,1-3H3,(H,13,14)(H,15,16,17)/t11-,12?/m0/s1. The van der Waals surface area contributed by atoms with Crippen LogP contribution >= 0.6 is 0 Å². The number of allylic oxidation sites excluding steroid dienone is 2. The summed E-state index contributed by atoms with van der Waals surface area (Å²) < 4.78 is 31.3. The van der Waals surface area contributed by atoms with E-state index in [0.29, 0.717) is 0 Å². The van der Waals surface area contributed by atoms with E-state index in [9.17, 15) is 13.2 Å². The molecule has 2 N–H and O–H groups in total. The van der Waals surface area contributed by atoms with E-state index in [-0.39, 0.29) is 11.8 Å². The number of carbonyl (C=O) groups excluding carboxylic acids is 1. The van der Waals surface area contributed by atoms with Gasteiger partial charge in [0.25, 0.3) is 10.1 Å². The van der Waals surface area contributed by atoms with Crippen molar-refractivity contribution in [1.29, 1.82) is 0 Å². The van der Waals surface area contributed by atoms with Gasteiger partial charge in [0.15, 0.2) is 0 Å². The quantitative estimate of drug-likeness (QED) is 0.602. The van der Waals surface area contributed by atoms with E-state index in [1.54, 1.807) is 6.92 Å². The molecular formula is C12H21NO4S. The van der Waals surface area contributed by atoms with Crippen LogP contribution in [0.15, 0.2) is 11.6 Å². The molecule has 2 atom stereocenters. The molecule has 1 aliphatic carbocycles. The van der Waals surface area contributed by atoms with Gasteiger partial charge in [-0.05, 0) is 39.0 Å². The number of amides is 1. The van der Waals surface area contributed by atoms with E-state index in [0.717, 1.165) is 19.3 Å². The van der Waals surface area contributed by atoms with Crippen LogP contribution in [0.25, 0.3) is 0 Å². The second-order valence-electron chi connectivity index (χ2n) is 5.35. The van der Waals surface area contributed by atoms with Crippen molar-refractivity contribution in [2.75, 3.05) is 5.75 Å². The summed E-state index contributed by atoms with van der Waals surface area (Å²) in [5, 5.41) is 2.69. The Morgan fingerprint density at radius 1 is 1.61 bits per heavy atom. The van der Waals surface area contributed by atoms with Gasteiger partial charge < -0.3 is 5.32 Å². The predicted molar refractivity (Wildman–Crippen MR) is 69.7 cm³/mol. The molecule has 0 aromatic carbocycles. The third-order valence-electron chi connectivity index (χ3n) is 3.48. The molecule has 0 saturated heterocycles. The van der Waals surface area contributed by atoms with Crippen LogP contribution in [0.1, 0.15) is 40.0 Å². The van der Waals surface area contributed by atoms with Gasteiger partial charge >= 0.3 is 0 Å². The number of nitrogens with one attached hydrogen (secondary N) is 1. The fourth-order valence-corrected chi connectivity index (χ4v) is 3.65. The molecule has 0 aromatic heterocycles. The minimum absolute atomic E-state index is 0.0204. The topological polar surface area (TPSA) is 83.5 Å². The lowest BCUT2D eigenvalue weighted by molar-refractivity contribution is -0.121. The molecule has 1 aliphatic rings. The van der Waals surface area contributed by atoms with Crippen molar-refractivity contribution >= 4 is 16.0 Å². The van der Waals surface area contributed by atoms with Gasteiger partial charge in [-0.1, -0.05) is 11.6 Å². The summed E-state index contributed by atoms with van der Waals surface area (Å²) >= 11 is 0. The Hall–Kier alpha value is -0.880. The monoisotopic (exact) mass is 275 g/mol. The SMILES string of the molecule is CC(=O)NC(C)(CS(=O)(=O)O)[C@H]1CC=C(C)CC1. The lowest BCUT2D eigenvalue weighted by Gasteiger charge is -2.38. The summed E-state index contributed by atoms with van der Waals surface area (Å²) in [6.07, 6.45) is 4.50. The maximum absolute atomic E-state index is 11.2. The van der Waals surface area contributed by atoms with Gasteiger partial charge in [0.1, 0.15) is 0 Å². The summed E-state index contributed by atoms with van der Waals surface area (Å²) in [5.74, 6) is -0.712. The molecule has 5 nitrogen and oxygen atoms in total. The molecule has 0 heterocycles. The van der Waals surface area contributed by atoms with Gasteiger partial charge in [0, 0.05) is 6.92 Å². The minimum Gasteiger partial charge on any atom is -0.350 e. The first-order valence-electron chi connectivity index (χ1n) is 6.02. The Morgan fingerprint density at radius 2 is 2.22 bits per heavy atom. The summed E-state index contributed by atoms with van der Waals surface area (Å²) in [5.41, 5.74) is 0.361. The Kier molecular flexibility index (Phi) is 4.55. The third kappa shape index (κ3) is 4.42. The molecule has 0 spiro atoms. The average molecular weight is 275 g/mol. The zero-order valence-electron chi connectivity index (χ0n) is 11.1. The van der Waals surface area contributed by atoms with Crippen LogP contribution in [-0.2, 0) is 14.9 Å². The first kappa shape index (κ1) is 15.2. The molecular weight excluding hydrogens is 254 g/mol. The van der Waals surface area contributed by atoms with E-state index in [4.69, 9.17) is 4.55 Å². The first-order valence-corrected chi connectivity index (χ1v) is 7.63. The summed E-state index contributed by atoms with van der Waals surface area (Å²) in [6, 6.07) is 0. The number of carbonyl (C=O) groups is 1.